The Hall–Kier alpha value is -2.97. The smallest absolute Gasteiger partial charge is 0.344 e. The molecule has 1 aliphatic heterocycles. The van der Waals surface area contributed by atoms with Crippen molar-refractivity contribution >= 4 is 52.2 Å². The molecule has 0 saturated carbocycles. The van der Waals surface area contributed by atoms with Crippen LogP contribution in [0.1, 0.15) is 12.5 Å². The first-order valence-corrected chi connectivity index (χ1v) is 9.60. The summed E-state index contributed by atoms with van der Waals surface area (Å²) >= 11 is 6.68. The van der Waals surface area contributed by atoms with Crippen molar-refractivity contribution in [2.75, 3.05) is 12.0 Å². The zero-order valence-electron chi connectivity index (χ0n) is 15.4. The molecule has 2 aromatic rings. The number of thioether (sulfide) groups is 1. The monoisotopic (exact) mass is 433 g/mol. The third-order valence-electron chi connectivity index (χ3n) is 4.02. The number of carbonyl (C=O) groups is 3. The number of methoxy groups -OCH3 is 1. The molecule has 1 N–H and O–H groups in total. The van der Waals surface area contributed by atoms with E-state index in [-0.39, 0.29) is 10.7 Å². The van der Waals surface area contributed by atoms with Crippen LogP contribution in [0.15, 0.2) is 47.4 Å². The zero-order chi connectivity index (χ0) is 21.1. The first-order valence-electron chi connectivity index (χ1n) is 8.41. The number of nitrogens with zero attached hydrogens (tertiary/aromatic N) is 1. The quantitative estimate of drug-likeness (QED) is 0.673. The molecule has 1 unspecified atom stereocenters. The highest BCUT2D eigenvalue weighted by atomic mass is 35.5. The number of hydrogen-bond acceptors (Lipinski definition) is 6. The molecule has 7 nitrogen and oxygen atoms in total. The fraction of sp³-hybridized carbons (Fsp3) is 0.150. The van der Waals surface area contributed by atoms with Gasteiger partial charge in [0, 0.05) is 5.02 Å². The molecule has 0 bridgehead atoms. The van der Waals surface area contributed by atoms with Crippen LogP contribution in [-0.4, -0.2) is 35.4 Å². The van der Waals surface area contributed by atoms with Crippen LogP contribution in [0.5, 0.6) is 11.5 Å². The summed E-state index contributed by atoms with van der Waals surface area (Å²) in [6.07, 6.45) is 0.513. The average molecular weight is 434 g/mol. The van der Waals surface area contributed by atoms with E-state index in [0.29, 0.717) is 22.0 Å². The molecule has 3 rings (SSSR count). The number of anilines is 1. The van der Waals surface area contributed by atoms with Crippen LogP contribution in [0.2, 0.25) is 5.02 Å². The highest BCUT2D eigenvalue weighted by molar-refractivity contribution is 8.19. The number of halogens is 1. The standard InChI is InChI=1S/C20H16ClNO6S/c1-11(19(24)25)28-15-8-3-12(9-16(15)27-2)10-17-18(23)22(20(26)29-17)14-6-4-13(21)5-7-14/h3-11H,1-2H3,(H,24,25)/b17-10+. The maximum Gasteiger partial charge on any atom is 0.344 e. The van der Waals surface area contributed by atoms with Gasteiger partial charge in [0.1, 0.15) is 0 Å². The van der Waals surface area contributed by atoms with Crippen molar-refractivity contribution in [2.24, 2.45) is 0 Å². The Morgan fingerprint density at radius 1 is 1.17 bits per heavy atom. The van der Waals surface area contributed by atoms with Crippen LogP contribution in [0.25, 0.3) is 6.08 Å². The molecule has 0 spiro atoms. The number of hydrogen-bond donors (Lipinski definition) is 1. The molecule has 9 heteroatoms. The zero-order valence-corrected chi connectivity index (χ0v) is 17.0. The third-order valence-corrected chi connectivity index (χ3v) is 5.14. The number of rotatable bonds is 6. The Labute approximate surface area is 175 Å². The fourth-order valence-electron chi connectivity index (χ4n) is 2.54. The molecular formula is C20H16ClNO6S. The first kappa shape index (κ1) is 20.8. The molecule has 1 heterocycles. The van der Waals surface area contributed by atoms with Gasteiger partial charge in [0.25, 0.3) is 11.1 Å². The first-order chi connectivity index (χ1) is 13.8. The van der Waals surface area contributed by atoms with E-state index in [1.165, 1.54) is 14.0 Å². The van der Waals surface area contributed by atoms with Gasteiger partial charge < -0.3 is 14.6 Å². The second-order valence-electron chi connectivity index (χ2n) is 6.00. The van der Waals surface area contributed by atoms with Gasteiger partial charge in [-0.05, 0) is 66.7 Å². The number of carboxylic acids is 1. The lowest BCUT2D eigenvalue weighted by Gasteiger charge is -2.14. The molecule has 150 valence electrons. The summed E-state index contributed by atoms with van der Waals surface area (Å²) in [6, 6.07) is 11.2. The molecule has 2 aromatic carbocycles. The van der Waals surface area contributed by atoms with Gasteiger partial charge in [-0.15, -0.1) is 0 Å². The van der Waals surface area contributed by atoms with Crippen LogP contribution in [0.3, 0.4) is 0 Å². The second-order valence-corrected chi connectivity index (χ2v) is 7.43. The van der Waals surface area contributed by atoms with Crippen LogP contribution >= 0.6 is 23.4 Å². The van der Waals surface area contributed by atoms with Crippen LogP contribution < -0.4 is 14.4 Å². The highest BCUT2D eigenvalue weighted by Crippen LogP contribution is 2.37. The summed E-state index contributed by atoms with van der Waals surface area (Å²) in [7, 11) is 1.42. The minimum atomic E-state index is -1.10. The fourth-order valence-corrected chi connectivity index (χ4v) is 3.51. The molecule has 1 saturated heterocycles. The van der Waals surface area contributed by atoms with Gasteiger partial charge in [-0.3, -0.25) is 9.59 Å². The number of carboxylic acid groups (broad SMARTS) is 1. The number of ether oxygens (including phenoxy) is 2. The SMILES string of the molecule is COc1cc(/C=C2/SC(=O)N(c3ccc(Cl)cc3)C2=O)ccc1OC(C)C(=O)O. The molecular weight excluding hydrogens is 418 g/mol. The molecule has 0 aromatic heterocycles. The minimum absolute atomic E-state index is 0.250. The van der Waals surface area contributed by atoms with Gasteiger partial charge in [-0.25, -0.2) is 9.69 Å². The number of carbonyl (C=O) groups excluding carboxylic acids is 2. The van der Waals surface area contributed by atoms with E-state index in [1.807, 2.05) is 0 Å². The van der Waals surface area contributed by atoms with E-state index in [0.717, 1.165) is 16.7 Å². The second kappa shape index (κ2) is 8.59. The summed E-state index contributed by atoms with van der Waals surface area (Å²) in [6.45, 7) is 1.41. The predicted octanol–water partition coefficient (Wildman–Crippen LogP) is 4.44. The summed E-state index contributed by atoms with van der Waals surface area (Å²) in [5, 5.41) is 9.07. The van der Waals surface area contributed by atoms with Crippen molar-refractivity contribution in [2.45, 2.75) is 13.0 Å². The van der Waals surface area contributed by atoms with Gasteiger partial charge >= 0.3 is 5.97 Å². The van der Waals surface area contributed by atoms with E-state index in [9.17, 15) is 14.4 Å². The summed E-state index contributed by atoms with van der Waals surface area (Å²) in [5.74, 6) is -0.981. The Morgan fingerprint density at radius 3 is 2.48 bits per heavy atom. The summed E-state index contributed by atoms with van der Waals surface area (Å²) in [4.78, 5) is 37.3. The van der Waals surface area contributed by atoms with Gasteiger partial charge in [0.15, 0.2) is 17.6 Å². The number of imide groups is 1. The lowest BCUT2D eigenvalue weighted by Crippen LogP contribution is -2.27. The van der Waals surface area contributed by atoms with Crippen LogP contribution in [0, 0.1) is 0 Å². The minimum Gasteiger partial charge on any atom is -0.493 e. The van der Waals surface area contributed by atoms with E-state index in [2.05, 4.69) is 0 Å². The molecule has 1 atom stereocenters. The van der Waals surface area contributed by atoms with Crippen molar-refractivity contribution in [1.82, 2.24) is 0 Å². The van der Waals surface area contributed by atoms with Gasteiger partial charge in [0.2, 0.25) is 0 Å². The number of aliphatic carboxylic acids is 1. The molecule has 2 amide bonds. The maximum atomic E-state index is 12.7. The number of benzene rings is 2. The Kier molecular flexibility index (Phi) is 6.14. The topological polar surface area (TPSA) is 93.1 Å². The van der Waals surface area contributed by atoms with E-state index < -0.39 is 23.2 Å². The molecule has 1 fully saturated rings. The Balaban J connectivity index is 1.86. The van der Waals surface area contributed by atoms with Crippen LogP contribution in [-0.2, 0) is 9.59 Å². The average Bonchev–Trinajstić information content (AvgIpc) is 2.96. The van der Waals surface area contributed by atoms with E-state index in [1.54, 1.807) is 48.5 Å². The van der Waals surface area contributed by atoms with Gasteiger partial charge in [-0.1, -0.05) is 17.7 Å². The normalized spacial score (nSPS) is 16.2. The third kappa shape index (κ3) is 4.55. The maximum absolute atomic E-state index is 12.7. The van der Waals surface area contributed by atoms with Crippen LogP contribution in [0.4, 0.5) is 10.5 Å². The Morgan fingerprint density at radius 2 is 1.86 bits per heavy atom. The molecule has 0 aliphatic carbocycles. The van der Waals surface area contributed by atoms with Gasteiger partial charge in [-0.2, -0.15) is 0 Å². The molecule has 1 aliphatic rings. The van der Waals surface area contributed by atoms with Gasteiger partial charge in [0.05, 0.1) is 17.7 Å². The number of amides is 2. The highest BCUT2D eigenvalue weighted by Gasteiger charge is 2.36. The van der Waals surface area contributed by atoms with Crippen molar-refractivity contribution in [3.8, 4) is 11.5 Å². The van der Waals surface area contributed by atoms with Crippen molar-refractivity contribution in [1.29, 1.82) is 0 Å². The summed E-state index contributed by atoms with van der Waals surface area (Å²) in [5.41, 5.74) is 1.03. The van der Waals surface area contributed by atoms with Crippen molar-refractivity contribution in [3.63, 3.8) is 0 Å². The van der Waals surface area contributed by atoms with Crippen molar-refractivity contribution in [3.05, 3.63) is 58.0 Å². The van der Waals surface area contributed by atoms with Crippen molar-refractivity contribution < 1.29 is 29.0 Å². The van der Waals surface area contributed by atoms with E-state index in [4.69, 9.17) is 26.2 Å². The Bertz CT molecular complexity index is 1000. The molecule has 29 heavy (non-hydrogen) atoms. The largest absolute Gasteiger partial charge is 0.493 e. The molecule has 0 radical (unpaired) electrons. The lowest BCUT2D eigenvalue weighted by molar-refractivity contribution is -0.144. The summed E-state index contributed by atoms with van der Waals surface area (Å²) < 4.78 is 10.6. The predicted molar refractivity (Wildman–Crippen MR) is 111 cm³/mol. The van der Waals surface area contributed by atoms with E-state index >= 15 is 0 Å². The lowest BCUT2D eigenvalue weighted by atomic mass is 10.1.